The number of hydrogen-bond donors (Lipinski definition) is 1. The smallest absolute Gasteiger partial charge is 0.419 e. The first-order valence-corrected chi connectivity index (χ1v) is 9.61. The number of alkyl halides is 3. The van der Waals surface area contributed by atoms with Crippen molar-refractivity contribution in [2.45, 2.75) is 33.2 Å². The number of likely N-dealkylation sites (tertiary alicyclic amines) is 1. The lowest BCUT2D eigenvalue weighted by atomic mass is 9.97. The molecule has 2 aromatic rings. The molecule has 1 fully saturated rings. The highest BCUT2D eigenvalue weighted by molar-refractivity contribution is 5.79. The van der Waals surface area contributed by atoms with Gasteiger partial charge in [-0.2, -0.15) is 13.2 Å². The molecule has 0 saturated carbocycles. The van der Waals surface area contributed by atoms with Gasteiger partial charge in [0.2, 0.25) is 5.91 Å². The van der Waals surface area contributed by atoms with Crippen molar-refractivity contribution in [1.82, 2.24) is 10.2 Å². The van der Waals surface area contributed by atoms with Gasteiger partial charge >= 0.3 is 6.18 Å². The Morgan fingerprint density at radius 2 is 1.77 bits per heavy atom. The highest BCUT2D eigenvalue weighted by Crippen LogP contribution is 2.33. The Balaban J connectivity index is 1.65. The van der Waals surface area contributed by atoms with Crippen LogP contribution < -0.4 is 10.1 Å². The minimum Gasteiger partial charge on any atom is -0.488 e. The summed E-state index contributed by atoms with van der Waals surface area (Å²) < 4.78 is 57.9. The molecule has 0 spiro atoms. The van der Waals surface area contributed by atoms with Gasteiger partial charge in [-0.05, 0) is 48.2 Å². The average molecular weight is 424 g/mol. The topological polar surface area (TPSA) is 41.6 Å². The van der Waals surface area contributed by atoms with Crippen LogP contribution in [0.5, 0.6) is 5.75 Å². The van der Waals surface area contributed by atoms with Crippen LogP contribution in [0.25, 0.3) is 0 Å². The van der Waals surface area contributed by atoms with E-state index in [0.717, 1.165) is 28.8 Å². The quantitative estimate of drug-likeness (QED) is 0.706. The highest BCUT2D eigenvalue weighted by Gasteiger charge is 2.34. The molecule has 0 atom stereocenters. The third kappa shape index (κ3) is 4.92. The first kappa shape index (κ1) is 22.1. The molecule has 3 rings (SSSR count). The average Bonchev–Trinajstić information content (AvgIpc) is 2.63. The Bertz CT molecular complexity index is 914. The van der Waals surface area contributed by atoms with Gasteiger partial charge in [0.05, 0.1) is 11.5 Å². The third-order valence-electron chi connectivity index (χ3n) is 5.22. The molecule has 1 aliphatic rings. The molecular weight excluding hydrogens is 400 g/mol. The van der Waals surface area contributed by atoms with Crippen molar-refractivity contribution in [1.29, 1.82) is 0 Å². The molecule has 0 aromatic heterocycles. The lowest BCUT2D eigenvalue weighted by Gasteiger charge is -2.38. The zero-order valence-electron chi connectivity index (χ0n) is 17.1. The second-order valence-electron chi connectivity index (χ2n) is 7.66. The van der Waals surface area contributed by atoms with E-state index < -0.39 is 17.6 Å². The molecule has 0 bridgehead atoms. The van der Waals surface area contributed by atoms with Crippen LogP contribution in [0.1, 0.15) is 27.8 Å². The number of nitrogens with zero attached hydrogens (tertiary/aromatic N) is 1. The van der Waals surface area contributed by atoms with Gasteiger partial charge < -0.3 is 10.1 Å². The van der Waals surface area contributed by atoms with Crippen molar-refractivity contribution in [3.05, 3.63) is 64.0 Å². The van der Waals surface area contributed by atoms with E-state index in [2.05, 4.69) is 10.2 Å². The number of carbonyl (C=O) groups excluding carboxylic acids is 1. The Kier molecular flexibility index (Phi) is 6.36. The third-order valence-corrected chi connectivity index (χ3v) is 5.22. The number of rotatable bonds is 6. The summed E-state index contributed by atoms with van der Waals surface area (Å²) in [5.41, 5.74) is 1.76. The van der Waals surface area contributed by atoms with Crippen LogP contribution in [0, 0.1) is 25.6 Å². The van der Waals surface area contributed by atoms with Crippen LogP contribution in [0.15, 0.2) is 30.3 Å². The molecule has 1 N–H and O–H groups in total. The van der Waals surface area contributed by atoms with E-state index in [-0.39, 0.29) is 24.0 Å². The van der Waals surface area contributed by atoms with Gasteiger partial charge in [-0.25, -0.2) is 4.39 Å². The first-order valence-electron chi connectivity index (χ1n) is 9.61. The number of aryl methyl sites for hydroxylation is 2. The SMILES string of the molecule is CNC(=O)C1CN(Cc2cc(C)c(OCc3ccc(F)c(C(F)(F)F)c3)c(C)c2)C1. The predicted molar refractivity (Wildman–Crippen MR) is 104 cm³/mol. The number of benzene rings is 2. The number of halogens is 4. The van der Waals surface area contributed by atoms with Crippen LogP contribution in [0.2, 0.25) is 0 Å². The molecule has 1 aliphatic heterocycles. The second-order valence-corrected chi connectivity index (χ2v) is 7.66. The summed E-state index contributed by atoms with van der Waals surface area (Å²) >= 11 is 0. The Labute approximate surface area is 172 Å². The van der Waals surface area contributed by atoms with Crippen LogP contribution in [-0.2, 0) is 24.1 Å². The largest absolute Gasteiger partial charge is 0.488 e. The predicted octanol–water partition coefficient (Wildman–Crippen LogP) is 4.22. The van der Waals surface area contributed by atoms with Gasteiger partial charge in [0.25, 0.3) is 0 Å². The summed E-state index contributed by atoms with van der Waals surface area (Å²) in [6.07, 6.45) is -4.75. The molecule has 0 unspecified atom stereocenters. The summed E-state index contributed by atoms with van der Waals surface area (Å²) in [6.45, 7) is 5.79. The van der Waals surface area contributed by atoms with E-state index in [9.17, 15) is 22.4 Å². The minimum absolute atomic E-state index is 0.0251. The van der Waals surface area contributed by atoms with Gasteiger partial charge in [0.15, 0.2) is 0 Å². The van der Waals surface area contributed by atoms with E-state index in [1.165, 1.54) is 6.07 Å². The second kappa shape index (κ2) is 8.63. The fourth-order valence-electron chi connectivity index (χ4n) is 3.72. The molecular formula is C22H24F4N2O2. The van der Waals surface area contributed by atoms with Gasteiger partial charge in [0.1, 0.15) is 18.2 Å². The van der Waals surface area contributed by atoms with Crippen molar-refractivity contribution in [2.24, 2.45) is 5.92 Å². The normalized spacial score (nSPS) is 15.0. The number of amides is 1. The molecule has 30 heavy (non-hydrogen) atoms. The number of carbonyl (C=O) groups is 1. The fraction of sp³-hybridized carbons (Fsp3) is 0.409. The van der Waals surface area contributed by atoms with E-state index in [1.54, 1.807) is 7.05 Å². The molecule has 4 nitrogen and oxygen atoms in total. The maximum atomic E-state index is 13.4. The molecule has 8 heteroatoms. The molecule has 1 heterocycles. The van der Waals surface area contributed by atoms with Gasteiger partial charge in [-0.15, -0.1) is 0 Å². The van der Waals surface area contributed by atoms with Crippen molar-refractivity contribution >= 4 is 5.91 Å². The van der Waals surface area contributed by atoms with Crippen LogP contribution in [-0.4, -0.2) is 30.9 Å². The van der Waals surface area contributed by atoms with Crippen LogP contribution in [0.3, 0.4) is 0 Å². The lowest BCUT2D eigenvalue weighted by molar-refractivity contribution is -0.140. The summed E-state index contributed by atoms with van der Waals surface area (Å²) in [4.78, 5) is 13.8. The first-order chi connectivity index (χ1) is 14.1. The van der Waals surface area contributed by atoms with Crippen molar-refractivity contribution in [3.8, 4) is 5.75 Å². The van der Waals surface area contributed by atoms with E-state index in [4.69, 9.17) is 4.74 Å². The molecule has 1 saturated heterocycles. The molecule has 1 amide bonds. The van der Waals surface area contributed by atoms with Gasteiger partial charge in [0, 0.05) is 26.7 Å². The summed E-state index contributed by atoms with van der Waals surface area (Å²) in [5.74, 6) is -0.620. The van der Waals surface area contributed by atoms with Crippen LogP contribution >= 0.6 is 0 Å². The Morgan fingerprint density at radius 1 is 1.13 bits per heavy atom. The van der Waals surface area contributed by atoms with Crippen molar-refractivity contribution in [3.63, 3.8) is 0 Å². The molecule has 162 valence electrons. The van der Waals surface area contributed by atoms with Crippen LogP contribution in [0.4, 0.5) is 17.6 Å². The van der Waals surface area contributed by atoms with E-state index in [0.29, 0.717) is 25.4 Å². The Morgan fingerprint density at radius 3 is 2.33 bits per heavy atom. The standard InChI is InChI=1S/C22H24F4N2O2/c1-13-6-16(9-28-10-17(11-28)21(29)27-3)7-14(2)20(13)30-12-15-4-5-19(23)18(8-15)22(24,25)26/h4-8,17H,9-12H2,1-3H3,(H,27,29). The molecule has 2 aromatic carbocycles. The van der Waals surface area contributed by atoms with Gasteiger partial charge in [-0.3, -0.25) is 9.69 Å². The van der Waals surface area contributed by atoms with Crippen molar-refractivity contribution in [2.75, 3.05) is 20.1 Å². The molecule has 0 radical (unpaired) electrons. The number of nitrogens with one attached hydrogen (secondary N) is 1. The molecule has 0 aliphatic carbocycles. The van der Waals surface area contributed by atoms with E-state index >= 15 is 0 Å². The monoisotopic (exact) mass is 424 g/mol. The maximum absolute atomic E-state index is 13.4. The zero-order valence-corrected chi connectivity index (χ0v) is 17.1. The minimum atomic E-state index is -4.75. The summed E-state index contributed by atoms with van der Waals surface area (Å²) in [7, 11) is 1.63. The summed E-state index contributed by atoms with van der Waals surface area (Å²) in [6, 6.07) is 6.82. The highest BCUT2D eigenvalue weighted by atomic mass is 19.4. The van der Waals surface area contributed by atoms with Crippen molar-refractivity contribution < 1.29 is 27.1 Å². The number of hydrogen-bond acceptors (Lipinski definition) is 3. The maximum Gasteiger partial charge on any atom is 0.419 e. The lowest BCUT2D eigenvalue weighted by Crippen LogP contribution is -2.52. The number of ether oxygens (including phenoxy) is 1. The van der Waals surface area contributed by atoms with Gasteiger partial charge in [-0.1, -0.05) is 18.2 Å². The van der Waals surface area contributed by atoms with E-state index in [1.807, 2.05) is 26.0 Å². The fourth-order valence-corrected chi connectivity index (χ4v) is 3.72. The summed E-state index contributed by atoms with van der Waals surface area (Å²) in [5, 5.41) is 2.65. The Hall–Kier alpha value is -2.61. The zero-order chi connectivity index (χ0) is 22.1.